The molecule has 0 bridgehead atoms. The maximum absolute atomic E-state index is 10.8. The molecule has 0 saturated carbocycles. The van der Waals surface area contributed by atoms with Crippen LogP contribution < -0.4 is 18.9 Å². The summed E-state index contributed by atoms with van der Waals surface area (Å²) in [7, 11) is -9.56. The van der Waals surface area contributed by atoms with Crippen LogP contribution in [0.1, 0.15) is 20.7 Å². The fraction of sp³-hybridized carbons (Fsp3) is 0. The van der Waals surface area contributed by atoms with Crippen LogP contribution in [-0.2, 0) is 20.5 Å². The Morgan fingerprint density at radius 1 is 0.864 bits per heavy atom. The van der Waals surface area contributed by atoms with Crippen molar-refractivity contribution in [1.82, 2.24) is 0 Å². The van der Waals surface area contributed by atoms with Gasteiger partial charge in [-0.2, -0.15) is 8.42 Å². The van der Waals surface area contributed by atoms with Crippen LogP contribution in [-0.4, -0.2) is 52.6 Å². The van der Waals surface area contributed by atoms with E-state index in [1.165, 1.54) is 0 Å². The quantitative estimate of drug-likeness (QED) is 0.237. The average Bonchev–Trinajstić information content (AvgIpc) is 2.24. The first-order valence-electron chi connectivity index (χ1n) is 4.49. The minimum atomic E-state index is -4.92. The van der Waals surface area contributed by atoms with E-state index in [9.17, 15) is 18.0 Å². The number of carboxylic acid groups (broad SMARTS) is 2. The first-order chi connectivity index (χ1) is 9.21. The van der Waals surface area contributed by atoms with E-state index in [1.807, 2.05) is 0 Å². The van der Waals surface area contributed by atoms with Crippen molar-refractivity contribution in [3.63, 3.8) is 0 Å². The third-order valence-corrected chi connectivity index (χ3v) is 2.53. The van der Waals surface area contributed by atoms with Crippen molar-refractivity contribution in [2.45, 2.75) is 4.90 Å². The van der Waals surface area contributed by atoms with E-state index in [-0.39, 0.29) is 18.9 Å². The summed E-state index contributed by atoms with van der Waals surface area (Å²) in [5.74, 6) is -2.99. The molecule has 1 aromatic carbocycles. The van der Waals surface area contributed by atoms with Gasteiger partial charge in [-0.05, 0) is 18.2 Å². The molecule has 0 atom stereocenters. The van der Waals surface area contributed by atoms with Crippen LogP contribution >= 0.6 is 0 Å². The third-order valence-electron chi connectivity index (χ3n) is 1.70. The fourth-order valence-corrected chi connectivity index (χ4v) is 1.55. The van der Waals surface area contributed by atoms with Gasteiger partial charge in [0.05, 0.1) is 16.0 Å². The predicted molar refractivity (Wildman–Crippen MR) is 62.5 cm³/mol. The van der Waals surface area contributed by atoms with Crippen LogP contribution in [0.5, 0.6) is 0 Å². The van der Waals surface area contributed by atoms with Crippen molar-refractivity contribution >= 4 is 32.5 Å². The van der Waals surface area contributed by atoms with E-state index in [2.05, 4.69) is 0 Å². The van der Waals surface area contributed by atoms with Gasteiger partial charge < -0.3 is 14.8 Å². The van der Waals surface area contributed by atoms with E-state index >= 15 is 0 Å². The molecule has 1 aromatic rings. The van der Waals surface area contributed by atoms with Crippen molar-refractivity contribution in [3.8, 4) is 0 Å². The van der Waals surface area contributed by atoms with Crippen molar-refractivity contribution < 1.29 is 69.2 Å². The van der Waals surface area contributed by atoms with E-state index in [0.717, 1.165) is 6.07 Å². The summed E-state index contributed by atoms with van der Waals surface area (Å²) in [6.45, 7) is 0. The Hall–Kier alpha value is -1.46. The van der Waals surface area contributed by atoms with Crippen LogP contribution in [0, 0.1) is 0 Å². The van der Waals surface area contributed by atoms with Crippen LogP contribution in [0.25, 0.3) is 0 Å². The number of rotatable bonds is 3. The standard InChI is InChI=1S/C8H6O7S.Li.H2O4S/c9-7(10)4-1-5(8(11)12)3-6(2-4)16(13,14)15;;1-5(2,3)4/h1-3H,(H,9,10)(H,11,12)(H,13,14,15);;(H2,1,2,3,4)/q;+1;/p-1. The van der Waals surface area contributed by atoms with E-state index in [0.29, 0.717) is 12.1 Å². The third kappa shape index (κ3) is 9.47. The minimum Gasteiger partial charge on any atom is -0.726 e. The summed E-state index contributed by atoms with van der Waals surface area (Å²) in [4.78, 5) is 20.4. The summed E-state index contributed by atoms with van der Waals surface area (Å²) in [6.07, 6.45) is 0. The minimum absolute atomic E-state index is 0. The van der Waals surface area contributed by atoms with E-state index < -0.39 is 48.5 Å². The molecule has 0 amide bonds. The molecule has 0 aliphatic rings. The van der Waals surface area contributed by atoms with Crippen molar-refractivity contribution in [1.29, 1.82) is 0 Å². The Kier molecular flexibility index (Phi) is 8.55. The summed E-state index contributed by atoms with van der Waals surface area (Å²) in [6, 6.07) is 2.13. The summed E-state index contributed by atoms with van der Waals surface area (Å²) < 4.78 is 63.0. The number of aromatic carboxylic acids is 2. The number of carbonyl (C=O) groups is 2. The van der Waals surface area contributed by atoms with Crippen LogP contribution in [0.3, 0.4) is 0 Å². The van der Waals surface area contributed by atoms with Crippen molar-refractivity contribution in [3.05, 3.63) is 29.3 Å². The maximum atomic E-state index is 10.8. The second-order valence-electron chi connectivity index (χ2n) is 3.26. The molecule has 0 fully saturated rings. The van der Waals surface area contributed by atoms with Gasteiger partial charge in [-0.1, -0.05) is 0 Å². The molecule has 4 N–H and O–H groups in total. The number of benzene rings is 1. The van der Waals surface area contributed by atoms with Crippen LogP contribution in [0.4, 0.5) is 0 Å². The Morgan fingerprint density at radius 3 is 1.32 bits per heavy atom. The number of hydrogen-bond acceptors (Lipinski definition) is 7. The van der Waals surface area contributed by atoms with Gasteiger partial charge in [0, 0.05) is 0 Å². The van der Waals surface area contributed by atoms with Crippen molar-refractivity contribution in [2.24, 2.45) is 0 Å². The van der Waals surface area contributed by atoms with Gasteiger partial charge in [0.15, 0.2) is 0 Å². The normalized spacial score (nSPS) is 10.7. The van der Waals surface area contributed by atoms with Crippen LogP contribution in [0.15, 0.2) is 23.1 Å². The topological polar surface area (TPSA) is 206 Å². The SMILES string of the molecule is O=C(O)c1cc(C(=O)O)cc(S(=O)(=O)O)c1.O=S(=O)([O-])O.[Li+]. The van der Waals surface area contributed by atoms with Crippen molar-refractivity contribution in [2.75, 3.05) is 0 Å². The number of hydrogen-bond donors (Lipinski definition) is 4. The molecule has 0 aliphatic carbocycles. The van der Waals surface area contributed by atoms with E-state index in [1.54, 1.807) is 0 Å². The average molecular weight is 350 g/mol. The molecule has 1 rings (SSSR count). The Balaban J connectivity index is 0. The maximum Gasteiger partial charge on any atom is 1.00 e. The molecule has 118 valence electrons. The van der Waals surface area contributed by atoms with Gasteiger partial charge in [-0.3, -0.25) is 9.11 Å². The van der Waals surface area contributed by atoms with Crippen LogP contribution in [0.2, 0.25) is 0 Å². The Morgan fingerprint density at radius 2 is 1.14 bits per heavy atom. The first-order valence-corrected chi connectivity index (χ1v) is 7.30. The monoisotopic (exact) mass is 350 g/mol. The molecule has 11 nitrogen and oxygen atoms in total. The second-order valence-corrected chi connectivity index (χ2v) is 5.54. The predicted octanol–water partition coefficient (Wildman–Crippen LogP) is -3.66. The molecule has 0 spiro atoms. The zero-order valence-corrected chi connectivity index (χ0v) is 12.3. The second kappa shape index (κ2) is 8.24. The first kappa shape index (κ1) is 22.8. The molecule has 22 heavy (non-hydrogen) atoms. The zero-order valence-electron chi connectivity index (χ0n) is 10.7. The largest absolute Gasteiger partial charge is 1.00 e. The number of carboxylic acids is 2. The summed E-state index contributed by atoms with van der Waals surface area (Å²) >= 11 is 0. The molecule has 0 radical (unpaired) electrons. The van der Waals surface area contributed by atoms with Gasteiger partial charge in [-0.25, -0.2) is 18.0 Å². The van der Waals surface area contributed by atoms with Gasteiger partial charge in [0.1, 0.15) is 0 Å². The van der Waals surface area contributed by atoms with Gasteiger partial charge in [0.2, 0.25) is 10.4 Å². The summed E-state index contributed by atoms with van der Waals surface area (Å²) in [5.41, 5.74) is -1.07. The molecule has 0 heterocycles. The Labute approximate surface area is 136 Å². The summed E-state index contributed by atoms with van der Waals surface area (Å²) in [5, 5.41) is 17.2. The molecular formula is C8H7LiO11S2. The molecule has 0 saturated heterocycles. The zero-order chi connectivity index (χ0) is 17.0. The molecule has 14 heteroatoms. The fourth-order valence-electron chi connectivity index (χ4n) is 0.995. The smallest absolute Gasteiger partial charge is 0.726 e. The molecular weight excluding hydrogens is 343 g/mol. The van der Waals surface area contributed by atoms with Gasteiger partial charge >= 0.3 is 30.8 Å². The molecule has 0 unspecified atom stereocenters. The van der Waals surface area contributed by atoms with E-state index in [4.69, 9.17) is 32.3 Å². The molecule has 0 aliphatic heterocycles. The Bertz CT molecular complexity index is 725. The van der Waals surface area contributed by atoms with Gasteiger partial charge in [-0.15, -0.1) is 0 Å². The molecule has 0 aromatic heterocycles. The van der Waals surface area contributed by atoms with Gasteiger partial charge in [0.25, 0.3) is 10.1 Å².